The second-order valence-corrected chi connectivity index (χ2v) is 10.7. The Balaban J connectivity index is 1.43. The first-order valence-corrected chi connectivity index (χ1v) is 12.4. The molecule has 192 valence electrons. The first kappa shape index (κ1) is 25.1. The zero-order valence-electron chi connectivity index (χ0n) is 19.8. The monoisotopic (exact) mass is 528 g/mol. The van der Waals surface area contributed by atoms with Gasteiger partial charge in [-0.05, 0) is 37.5 Å². The topological polar surface area (TPSA) is 107 Å². The molecule has 37 heavy (non-hydrogen) atoms. The number of hydrogen-bond donors (Lipinski definition) is 1. The van der Waals surface area contributed by atoms with Gasteiger partial charge >= 0.3 is 0 Å². The Hall–Kier alpha value is -3.59. The minimum Gasteiger partial charge on any atom is -0.463 e. The highest BCUT2D eigenvalue weighted by atomic mass is 32.2. The summed E-state index contributed by atoms with van der Waals surface area (Å²) in [7, 11) is 0. The summed E-state index contributed by atoms with van der Waals surface area (Å²) in [6, 6.07) is 1.44. The number of fused-ring (bicyclic) bond motifs is 1. The van der Waals surface area contributed by atoms with Crippen molar-refractivity contribution in [3.05, 3.63) is 47.4 Å². The number of amidine groups is 1. The molecule has 5 rings (SSSR count). The Morgan fingerprint density at radius 2 is 2.19 bits per heavy atom. The summed E-state index contributed by atoms with van der Waals surface area (Å²) < 4.78 is 47.9. The molecule has 0 bridgehead atoms. The third-order valence-electron chi connectivity index (χ3n) is 6.87. The van der Waals surface area contributed by atoms with E-state index >= 15 is 4.39 Å². The lowest BCUT2D eigenvalue weighted by atomic mass is 9.86. The molecule has 2 aliphatic heterocycles. The van der Waals surface area contributed by atoms with Crippen molar-refractivity contribution in [2.45, 2.75) is 36.2 Å². The summed E-state index contributed by atoms with van der Waals surface area (Å²) in [4.78, 5) is 31.1. The number of nitrogens with two attached hydrogens (primary N) is 1. The van der Waals surface area contributed by atoms with Gasteiger partial charge in [0.15, 0.2) is 17.6 Å². The molecule has 1 aliphatic carbocycles. The standard InChI is InChI=1S/C25H23F3N6O2S/c1-3-6-36-20-12-30-18(11-31-20)17(27)8-14-7-16(21(28)32-10-14)24(2)19-9-25(19,37-23(29)33-24)22(35)34-5-4-15(26)13-34/h1,7-8,10-12,15,19H,4-6,9,13H2,2H3,(H2,29,33)/b17-8-/t15?,19-,24+,25-/m0/s1. The first-order chi connectivity index (χ1) is 17.7. The predicted octanol–water partition coefficient (Wildman–Crippen LogP) is 3.10. The number of pyridine rings is 1. The average molecular weight is 529 g/mol. The molecule has 4 atom stereocenters. The number of aliphatic imine (C=N–C) groups is 1. The molecule has 1 saturated carbocycles. The van der Waals surface area contributed by atoms with Crippen LogP contribution in [0.1, 0.15) is 36.6 Å². The molecular weight excluding hydrogens is 505 g/mol. The van der Waals surface area contributed by atoms with Crippen molar-refractivity contribution in [3.8, 4) is 18.2 Å². The van der Waals surface area contributed by atoms with Gasteiger partial charge in [-0.1, -0.05) is 17.7 Å². The van der Waals surface area contributed by atoms with Crippen LogP contribution in [0, 0.1) is 24.2 Å². The largest absolute Gasteiger partial charge is 0.463 e. The molecular formula is C25H23F3N6O2S. The SMILES string of the molecule is C#CCOc1cnc(/C(F)=C/c2cnc(F)c([C@@]3(C)N=C(N)S[C@@]4(C(=O)N5CCC(F)C5)C[C@H]43)c2)cn1. The lowest BCUT2D eigenvalue weighted by molar-refractivity contribution is -0.131. The predicted molar refractivity (Wildman–Crippen MR) is 133 cm³/mol. The van der Waals surface area contributed by atoms with Crippen molar-refractivity contribution in [2.75, 3.05) is 19.7 Å². The Labute approximate surface area is 215 Å². The fraction of sp³-hybridized carbons (Fsp3) is 0.400. The van der Waals surface area contributed by atoms with E-state index in [1.54, 1.807) is 6.92 Å². The zero-order chi connectivity index (χ0) is 26.4. The highest BCUT2D eigenvalue weighted by Gasteiger charge is 2.71. The Morgan fingerprint density at radius 1 is 1.38 bits per heavy atom. The number of aromatic nitrogens is 3. The number of ether oxygens (including phenoxy) is 1. The molecule has 0 radical (unpaired) electrons. The van der Waals surface area contributed by atoms with Gasteiger partial charge < -0.3 is 15.4 Å². The van der Waals surface area contributed by atoms with Gasteiger partial charge in [0, 0.05) is 24.2 Å². The van der Waals surface area contributed by atoms with E-state index < -0.39 is 28.2 Å². The van der Waals surface area contributed by atoms with Crippen LogP contribution in [0.5, 0.6) is 5.88 Å². The molecule has 8 nitrogen and oxygen atoms in total. The molecule has 2 N–H and O–H groups in total. The van der Waals surface area contributed by atoms with Crippen LogP contribution in [0.4, 0.5) is 13.2 Å². The van der Waals surface area contributed by atoms with Crippen LogP contribution in [0.25, 0.3) is 11.9 Å². The number of terminal acetylenes is 1. The minimum absolute atomic E-state index is 0.00290. The van der Waals surface area contributed by atoms with Crippen LogP contribution in [0.15, 0.2) is 29.6 Å². The molecule has 1 amide bonds. The van der Waals surface area contributed by atoms with Gasteiger partial charge in [-0.15, -0.1) is 6.42 Å². The summed E-state index contributed by atoms with van der Waals surface area (Å²) in [5.41, 5.74) is 5.19. The van der Waals surface area contributed by atoms with E-state index in [1.165, 1.54) is 29.6 Å². The Kier molecular flexibility index (Phi) is 6.35. The fourth-order valence-corrected chi connectivity index (χ4v) is 6.42. The smallest absolute Gasteiger partial charge is 0.239 e. The van der Waals surface area contributed by atoms with E-state index in [1.807, 2.05) is 0 Å². The molecule has 1 unspecified atom stereocenters. The van der Waals surface area contributed by atoms with Crippen LogP contribution in [0.2, 0.25) is 0 Å². The highest BCUT2D eigenvalue weighted by Crippen LogP contribution is 2.66. The van der Waals surface area contributed by atoms with Gasteiger partial charge in [0.2, 0.25) is 17.7 Å². The number of carbonyl (C=O) groups excluding carboxylic acids is 1. The summed E-state index contributed by atoms with van der Waals surface area (Å²) in [5.74, 6) is 0.322. The molecule has 4 heterocycles. The second-order valence-electron chi connectivity index (χ2n) is 9.31. The van der Waals surface area contributed by atoms with Crippen LogP contribution < -0.4 is 10.5 Å². The molecule has 2 aromatic rings. The van der Waals surface area contributed by atoms with Gasteiger partial charge in [0.1, 0.15) is 16.6 Å². The van der Waals surface area contributed by atoms with E-state index in [0.29, 0.717) is 19.4 Å². The lowest BCUT2D eigenvalue weighted by Gasteiger charge is -2.34. The maximum Gasteiger partial charge on any atom is 0.239 e. The van der Waals surface area contributed by atoms with Crippen molar-refractivity contribution in [3.63, 3.8) is 0 Å². The number of thioether (sulfide) groups is 1. The number of rotatable bonds is 6. The summed E-state index contributed by atoms with van der Waals surface area (Å²) in [5, 5.41) is 0.134. The summed E-state index contributed by atoms with van der Waals surface area (Å²) in [6.45, 7) is 2.06. The van der Waals surface area contributed by atoms with E-state index in [9.17, 15) is 13.6 Å². The van der Waals surface area contributed by atoms with Gasteiger partial charge in [0.05, 0.1) is 24.5 Å². The van der Waals surface area contributed by atoms with E-state index in [-0.39, 0.29) is 52.8 Å². The van der Waals surface area contributed by atoms with Gasteiger partial charge in [0.25, 0.3) is 0 Å². The third kappa shape index (κ3) is 4.52. The molecule has 0 aromatic carbocycles. The molecule has 2 aromatic heterocycles. The van der Waals surface area contributed by atoms with Gasteiger partial charge in [-0.3, -0.25) is 9.79 Å². The molecule has 0 spiro atoms. The van der Waals surface area contributed by atoms with E-state index in [2.05, 4.69) is 25.9 Å². The first-order valence-electron chi connectivity index (χ1n) is 11.6. The fourth-order valence-electron chi connectivity index (χ4n) is 4.97. The number of amides is 1. The lowest BCUT2D eigenvalue weighted by Crippen LogP contribution is -2.45. The minimum atomic E-state index is -1.22. The number of nitrogens with zero attached hydrogens (tertiary/aromatic N) is 5. The zero-order valence-corrected chi connectivity index (χ0v) is 20.6. The van der Waals surface area contributed by atoms with Crippen molar-refractivity contribution in [1.29, 1.82) is 0 Å². The van der Waals surface area contributed by atoms with Crippen LogP contribution in [-0.2, 0) is 10.3 Å². The molecule has 1 saturated heterocycles. The van der Waals surface area contributed by atoms with Gasteiger partial charge in [-0.2, -0.15) is 4.39 Å². The summed E-state index contributed by atoms with van der Waals surface area (Å²) in [6.07, 6.45) is 9.52. The van der Waals surface area contributed by atoms with Crippen molar-refractivity contribution in [2.24, 2.45) is 16.6 Å². The Bertz CT molecular complexity index is 1350. The Morgan fingerprint density at radius 3 is 2.86 bits per heavy atom. The number of alkyl halides is 1. The van der Waals surface area contributed by atoms with Crippen LogP contribution >= 0.6 is 11.8 Å². The number of halogens is 3. The van der Waals surface area contributed by atoms with Crippen LogP contribution in [0.3, 0.4) is 0 Å². The van der Waals surface area contributed by atoms with Crippen molar-refractivity contribution < 1.29 is 22.7 Å². The maximum absolute atomic E-state index is 15.1. The van der Waals surface area contributed by atoms with Crippen LogP contribution in [-0.4, -0.2) is 61.5 Å². The normalized spacial score (nSPS) is 28.8. The van der Waals surface area contributed by atoms with Crippen molar-refractivity contribution in [1.82, 2.24) is 19.9 Å². The molecule has 12 heteroatoms. The molecule has 3 aliphatic rings. The molecule has 2 fully saturated rings. The van der Waals surface area contributed by atoms with Gasteiger partial charge in [-0.25, -0.2) is 23.7 Å². The van der Waals surface area contributed by atoms with Crippen molar-refractivity contribution >= 4 is 34.7 Å². The second kappa shape index (κ2) is 9.37. The van der Waals surface area contributed by atoms with E-state index in [0.717, 1.165) is 17.8 Å². The average Bonchev–Trinajstić information content (AvgIpc) is 3.48. The maximum atomic E-state index is 15.1. The summed E-state index contributed by atoms with van der Waals surface area (Å²) >= 11 is 1.14. The number of hydrogen-bond acceptors (Lipinski definition) is 8. The van der Waals surface area contributed by atoms with E-state index in [4.69, 9.17) is 16.9 Å². The highest BCUT2D eigenvalue weighted by molar-refractivity contribution is 8.15. The third-order valence-corrected chi connectivity index (χ3v) is 8.16. The number of likely N-dealkylation sites (tertiary alicyclic amines) is 1. The quantitative estimate of drug-likeness (QED) is 0.454. The number of carbonyl (C=O) groups is 1.